The van der Waals surface area contributed by atoms with E-state index in [4.69, 9.17) is 4.42 Å². The lowest BCUT2D eigenvalue weighted by Gasteiger charge is -2.34. The highest BCUT2D eigenvalue weighted by Gasteiger charge is 2.33. The minimum atomic E-state index is -0.0440. The molecule has 36 heavy (non-hydrogen) atoms. The Morgan fingerprint density at radius 2 is 1.72 bits per heavy atom. The number of amides is 2. The Labute approximate surface area is 213 Å². The van der Waals surface area contributed by atoms with Crippen molar-refractivity contribution in [2.75, 3.05) is 32.7 Å². The minimum Gasteiger partial charge on any atom is -0.454 e. The molecule has 190 valence electrons. The summed E-state index contributed by atoms with van der Waals surface area (Å²) in [5, 5.41) is 0. The minimum absolute atomic E-state index is 0.0440. The van der Waals surface area contributed by atoms with Gasteiger partial charge in [0.15, 0.2) is 5.76 Å². The number of nitrogens with zero attached hydrogens (tertiary/aromatic N) is 4. The van der Waals surface area contributed by atoms with Gasteiger partial charge in [-0.1, -0.05) is 37.3 Å². The van der Waals surface area contributed by atoms with Crippen molar-refractivity contribution in [2.45, 2.75) is 45.8 Å². The van der Waals surface area contributed by atoms with Gasteiger partial charge >= 0.3 is 0 Å². The van der Waals surface area contributed by atoms with Crippen LogP contribution in [-0.2, 0) is 24.4 Å². The summed E-state index contributed by atoms with van der Waals surface area (Å²) in [4.78, 5) is 32.0. The molecule has 7 heteroatoms. The standard InChI is InChI=1S/C29H36N4O3/c1-2-14-33(28(34)24-10-11-24)21-25-9-6-15-32(25)22-26-12-13-27(36-26)29(35)31-18-16-30(17-19-31)20-23-7-4-3-5-8-23/h3-9,12-13,15,24H,2,10-11,14,16-22H2,1H3. The molecule has 0 radical (unpaired) electrons. The monoisotopic (exact) mass is 488 g/mol. The largest absolute Gasteiger partial charge is 0.454 e. The molecule has 1 aliphatic heterocycles. The molecule has 0 spiro atoms. The molecule has 2 fully saturated rings. The normalized spacial score (nSPS) is 16.3. The van der Waals surface area contributed by atoms with E-state index in [9.17, 15) is 9.59 Å². The number of furan rings is 1. The average Bonchev–Trinajstić information content (AvgIpc) is 3.50. The maximum atomic E-state index is 13.1. The Balaban J connectivity index is 1.16. The first-order chi connectivity index (χ1) is 17.6. The summed E-state index contributed by atoms with van der Waals surface area (Å²) in [6.07, 6.45) is 5.00. The second-order valence-corrected chi connectivity index (χ2v) is 9.98. The van der Waals surface area contributed by atoms with Crippen LogP contribution in [0.4, 0.5) is 0 Å². The Morgan fingerprint density at radius 3 is 2.44 bits per heavy atom. The molecular formula is C29H36N4O3. The number of carbonyl (C=O) groups is 2. The molecule has 0 atom stereocenters. The Kier molecular flexibility index (Phi) is 7.56. The first-order valence-electron chi connectivity index (χ1n) is 13.2. The number of hydrogen-bond donors (Lipinski definition) is 0. The molecule has 3 heterocycles. The summed E-state index contributed by atoms with van der Waals surface area (Å²) in [5.41, 5.74) is 2.38. The average molecular weight is 489 g/mol. The number of piperazine rings is 1. The molecule has 1 aromatic carbocycles. The zero-order valence-electron chi connectivity index (χ0n) is 21.1. The molecule has 1 saturated carbocycles. The zero-order valence-corrected chi connectivity index (χ0v) is 21.1. The second-order valence-electron chi connectivity index (χ2n) is 9.98. The van der Waals surface area contributed by atoms with Crippen molar-refractivity contribution in [3.63, 3.8) is 0 Å². The molecule has 1 aliphatic carbocycles. The van der Waals surface area contributed by atoms with Gasteiger partial charge in [0.1, 0.15) is 5.76 Å². The van der Waals surface area contributed by atoms with Crippen molar-refractivity contribution in [3.05, 3.63) is 83.6 Å². The van der Waals surface area contributed by atoms with Crippen molar-refractivity contribution in [1.82, 2.24) is 19.3 Å². The van der Waals surface area contributed by atoms with Crippen molar-refractivity contribution in [2.24, 2.45) is 5.92 Å². The molecule has 0 bridgehead atoms. The number of hydrogen-bond acceptors (Lipinski definition) is 4. The summed E-state index contributed by atoms with van der Waals surface area (Å²) >= 11 is 0. The van der Waals surface area contributed by atoms with Crippen molar-refractivity contribution >= 4 is 11.8 Å². The van der Waals surface area contributed by atoms with Gasteiger partial charge in [-0.2, -0.15) is 0 Å². The maximum absolute atomic E-state index is 13.1. The quantitative estimate of drug-likeness (QED) is 0.428. The highest BCUT2D eigenvalue weighted by atomic mass is 16.4. The fourth-order valence-electron chi connectivity index (χ4n) is 4.92. The van der Waals surface area contributed by atoms with E-state index in [0.29, 0.717) is 31.9 Å². The van der Waals surface area contributed by atoms with Gasteiger partial charge in [-0.05, 0) is 49.1 Å². The van der Waals surface area contributed by atoms with Crippen molar-refractivity contribution in [3.8, 4) is 0 Å². The lowest BCUT2D eigenvalue weighted by Crippen LogP contribution is -2.48. The summed E-state index contributed by atoms with van der Waals surface area (Å²) < 4.78 is 8.10. The van der Waals surface area contributed by atoms with E-state index in [2.05, 4.69) is 46.7 Å². The fraction of sp³-hybridized carbons (Fsp3) is 0.448. The van der Waals surface area contributed by atoms with Crippen LogP contribution in [-0.4, -0.2) is 63.8 Å². The van der Waals surface area contributed by atoms with Gasteiger partial charge in [0.25, 0.3) is 5.91 Å². The number of benzene rings is 1. The van der Waals surface area contributed by atoms with E-state index in [0.717, 1.165) is 56.9 Å². The first-order valence-corrected chi connectivity index (χ1v) is 13.2. The molecule has 0 unspecified atom stereocenters. The van der Waals surface area contributed by atoms with Gasteiger partial charge in [-0.3, -0.25) is 14.5 Å². The molecular weight excluding hydrogens is 452 g/mol. The molecule has 2 amide bonds. The molecule has 1 saturated heterocycles. The highest BCUT2D eigenvalue weighted by Crippen LogP contribution is 2.31. The van der Waals surface area contributed by atoms with Crippen LogP contribution in [0.15, 0.2) is 65.2 Å². The Hall–Kier alpha value is -3.32. The van der Waals surface area contributed by atoms with Crippen LogP contribution in [0, 0.1) is 5.92 Å². The van der Waals surface area contributed by atoms with Crippen molar-refractivity contribution in [1.29, 1.82) is 0 Å². The van der Waals surface area contributed by atoms with Crippen LogP contribution < -0.4 is 0 Å². The highest BCUT2D eigenvalue weighted by molar-refractivity contribution is 5.91. The summed E-state index contributed by atoms with van der Waals surface area (Å²) in [6, 6.07) is 18.2. The lowest BCUT2D eigenvalue weighted by atomic mass is 10.2. The topological polar surface area (TPSA) is 61.9 Å². The number of aromatic nitrogens is 1. The molecule has 7 nitrogen and oxygen atoms in total. The number of carbonyl (C=O) groups excluding carboxylic acids is 2. The van der Waals surface area contributed by atoms with Gasteiger partial charge in [-0.15, -0.1) is 0 Å². The van der Waals surface area contributed by atoms with Gasteiger partial charge in [0.05, 0.1) is 13.1 Å². The van der Waals surface area contributed by atoms with Crippen LogP contribution in [0.5, 0.6) is 0 Å². The maximum Gasteiger partial charge on any atom is 0.289 e. The molecule has 2 aromatic heterocycles. The summed E-state index contributed by atoms with van der Waals surface area (Å²) in [6.45, 7) is 8.05. The van der Waals surface area contributed by atoms with E-state index < -0.39 is 0 Å². The third-order valence-corrected chi connectivity index (χ3v) is 7.12. The molecule has 5 rings (SSSR count). The lowest BCUT2D eigenvalue weighted by molar-refractivity contribution is -0.133. The van der Waals surface area contributed by atoms with Crippen LogP contribution in [0.25, 0.3) is 0 Å². The van der Waals surface area contributed by atoms with E-state index >= 15 is 0 Å². The van der Waals surface area contributed by atoms with Gasteiger partial charge in [0.2, 0.25) is 5.91 Å². The van der Waals surface area contributed by atoms with E-state index in [1.165, 1.54) is 5.56 Å². The smallest absolute Gasteiger partial charge is 0.289 e. The summed E-state index contributed by atoms with van der Waals surface area (Å²) in [7, 11) is 0. The van der Waals surface area contributed by atoms with E-state index in [1.807, 2.05) is 34.2 Å². The predicted octanol–water partition coefficient (Wildman–Crippen LogP) is 4.24. The van der Waals surface area contributed by atoms with E-state index in [1.54, 1.807) is 6.07 Å². The third-order valence-electron chi connectivity index (χ3n) is 7.12. The van der Waals surface area contributed by atoms with Gasteiger partial charge < -0.3 is 18.8 Å². The second kappa shape index (κ2) is 11.2. The predicted molar refractivity (Wildman–Crippen MR) is 138 cm³/mol. The van der Waals surface area contributed by atoms with Crippen LogP contribution in [0.3, 0.4) is 0 Å². The Bertz CT molecular complexity index is 1160. The van der Waals surface area contributed by atoms with Crippen molar-refractivity contribution < 1.29 is 14.0 Å². The SMILES string of the molecule is CCCN(Cc1cccn1Cc1ccc(C(=O)N2CCN(Cc3ccccc3)CC2)o1)C(=O)C1CC1. The summed E-state index contributed by atoms with van der Waals surface area (Å²) in [5.74, 6) is 1.59. The fourth-order valence-corrected chi connectivity index (χ4v) is 4.92. The van der Waals surface area contributed by atoms with Crippen LogP contribution >= 0.6 is 0 Å². The molecule has 0 N–H and O–H groups in total. The van der Waals surface area contributed by atoms with Crippen LogP contribution in [0.2, 0.25) is 0 Å². The van der Waals surface area contributed by atoms with Gasteiger partial charge in [-0.25, -0.2) is 0 Å². The number of rotatable bonds is 10. The van der Waals surface area contributed by atoms with E-state index in [-0.39, 0.29) is 17.7 Å². The van der Waals surface area contributed by atoms with Crippen LogP contribution in [0.1, 0.15) is 53.8 Å². The van der Waals surface area contributed by atoms with Gasteiger partial charge in [0, 0.05) is 57.1 Å². The third kappa shape index (κ3) is 5.90. The molecule has 3 aromatic rings. The Morgan fingerprint density at radius 1 is 0.944 bits per heavy atom. The first kappa shape index (κ1) is 24.4. The molecule has 2 aliphatic rings. The zero-order chi connectivity index (χ0) is 24.9.